The Hall–Kier alpha value is -0.570. The molecule has 2 rings (SSSR count). The van der Waals surface area contributed by atoms with Gasteiger partial charge >= 0.3 is 0 Å². The molecule has 1 atom stereocenters. The molecule has 1 aromatic carbocycles. The predicted molar refractivity (Wildman–Crippen MR) is 63.6 cm³/mol. The van der Waals surface area contributed by atoms with Crippen LogP contribution in [-0.2, 0) is 6.42 Å². The fourth-order valence-electron chi connectivity index (χ4n) is 2.08. The second-order valence-corrected chi connectivity index (χ2v) is 4.73. The lowest BCUT2D eigenvalue weighted by atomic mass is 9.78. The number of nitrogens with two attached hydrogens (primary N) is 1. The molecule has 0 bridgehead atoms. The van der Waals surface area contributed by atoms with Gasteiger partial charge in [0.05, 0.1) is 0 Å². The highest BCUT2D eigenvalue weighted by Gasteiger charge is 2.26. The molecule has 1 aliphatic carbocycles. The molecule has 0 aliphatic heterocycles. The first-order chi connectivity index (χ1) is 7.29. The van der Waals surface area contributed by atoms with Crippen molar-refractivity contribution in [3.63, 3.8) is 0 Å². The van der Waals surface area contributed by atoms with Gasteiger partial charge in [0.25, 0.3) is 0 Å². The van der Waals surface area contributed by atoms with Crippen molar-refractivity contribution in [3.05, 3.63) is 34.9 Å². The average molecular weight is 225 g/mol. The summed E-state index contributed by atoms with van der Waals surface area (Å²) in [7, 11) is 0. The van der Waals surface area contributed by atoms with Crippen molar-refractivity contribution in [2.45, 2.75) is 31.7 Å². The standard InChI is InChI=1S/C12H17ClN2/c13-11-6-4-9(5-7-11)8-12(15-14)10-2-1-3-10/h4-7,10,12,15H,1-3,8,14H2. The first-order valence-electron chi connectivity index (χ1n) is 5.50. The number of nitrogens with one attached hydrogen (secondary N) is 1. The average Bonchev–Trinajstić information content (AvgIpc) is 2.17. The lowest BCUT2D eigenvalue weighted by Gasteiger charge is -2.33. The Bertz CT molecular complexity index is 306. The normalized spacial score (nSPS) is 18.5. The van der Waals surface area contributed by atoms with Crippen molar-refractivity contribution in [2.75, 3.05) is 0 Å². The van der Waals surface area contributed by atoms with Crippen LogP contribution in [0.1, 0.15) is 24.8 Å². The largest absolute Gasteiger partial charge is 0.271 e. The number of halogens is 1. The van der Waals surface area contributed by atoms with Gasteiger partial charge in [-0.1, -0.05) is 30.2 Å². The zero-order valence-electron chi connectivity index (χ0n) is 8.75. The summed E-state index contributed by atoms with van der Waals surface area (Å²) in [5.74, 6) is 6.34. The first kappa shape index (κ1) is 10.9. The summed E-state index contributed by atoms with van der Waals surface area (Å²) in [5.41, 5.74) is 4.23. The van der Waals surface area contributed by atoms with E-state index in [2.05, 4.69) is 17.6 Å². The van der Waals surface area contributed by atoms with Crippen LogP contribution in [0.25, 0.3) is 0 Å². The van der Waals surface area contributed by atoms with E-state index in [-0.39, 0.29) is 0 Å². The van der Waals surface area contributed by atoms with Crippen LogP contribution in [0.4, 0.5) is 0 Å². The number of hydrogen-bond acceptors (Lipinski definition) is 2. The number of rotatable bonds is 4. The second kappa shape index (κ2) is 4.97. The minimum absolute atomic E-state index is 0.417. The Labute approximate surface area is 95.8 Å². The molecule has 0 saturated heterocycles. The van der Waals surface area contributed by atoms with E-state index in [1.54, 1.807) is 0 Å². The third kappa shape index (κ3) is 2.71. The molecule has 1 saturated carbocycles. The maximum Gasteiger partial charge on any atom is 0.0406 e. The highest BCUT2D eigenvalue weighted by Crippen LogP contribution is 2.30. The first-order valence-corrected chi connectivity index (χ1v) is 5.88. The molecule has 1 unspecified atom stereocenters. The van der Waals surface area contributed by atoms with Crippen LogP contribution < -0.4 is 11.3 Å². The predicted octanol–water partition coefficient (Wildman–Crippen LogP) is 2.51. The lowest BCUT2D eigenvalue weighted by molar-refractivity contribution is 0.228. The van der Waals surface area contributed by atoms with E-state index >= 15 is 0 Å². The van der Waals surface area contributed by atoms with Gasteiger partial charge in [-0.15, -0.1) is 0 Å². The van der Waals surface area contributed by atoms with E-state index in [4.69, 9.17) is 17.4 Å². The van der Waals surface area contributed by atoms with Crippen molar-refractivity contribution in [2.24, 2.45) is 11.8 Å². The summed E-state index contributed by atoms with van der Waals surface area (Å²) in [6.07, 6.45) is 4.96. The highest BCUT2D eigenvalue weighted by molar-refractivity contribution is 6.30. The maximum atomic E-state index is 5.84. The quantitative estimate of drug-likeness (QED) is 0.609. The topological polar surface area (TPSA) is 38.0 Å². The zero-order chi connectivity index (χ0) is 10.7. The number of hydrogen-bond donors (Lipinski definition) is 2. The van der Waals surface area contributed by atoms with Crippen molar-refractivity contribution in [1.29, 1.82) is 0 Å². The fourth-order valence-corrected chi connectivity index (χ4v) is 2.20. The summed E-state index contributed by atoms with van der Waals surface area (Å²) in [5, 5.41) is 0.791. The van der Waals surface area contributed by atoms with Gasteiger partial charge in [-0.3, -0.25) is 11.3 Å². The van der Waals surface area contributed by atoms with Crippen LogP contribution in [0.15, 0.2) is 24.3 Å². The van der Waals surface area contributed by atoms with E-state index < -0.39 is 0 Å². The molecule has 82 valence electrons. The van der Waals surface area contributed by atoms with Crippen LogP contribution in [0.5, 0.6) is 0 Å². The monoisotopic (exact) mass is 224 g/mol. The third-order valence-corrected chi connectivity index (χ3v) is 3.55. The van der Waals surface area contributed by atoms with E-state index in [1.807, 2.05) is 12.1 Å². The Morgan fingerprint density at radius 2 is 2.00 bits per heavy atom. The second-order valence-electron chi connectivity index (χ2n) is 4.29. The molecule has 1 aromatic rings. The maximum absolute atomic E-state index is 5.84. The van der Waals surface area contributed by atoms with Crippen molar-refractivity contribution < 1.29 is 0 Å². The van der Waals surface area contributed by atoms with Crippen LogP contribution in [0, 0.1) is 5.92 Å². The van der Waals surface area contributed by atoms with Gasteiger partial charge in [-0.25, -0.2) is 0 Å². The Morgan fingerprint density at radius 1 is 1.33 bits per heavy atom. The van der Waals surface area contributed by atoms with Crippen molar-refractivity contribution in [3.8, 4) is 0 Å². The molecular formula is C12H17ClN2. The van der Waals surface area contributed by atoms with E-state index in [0.29, 0.717) is 6.04 Å². The van der Waals surface area contributed by atoms with Crippen molar-refractivity contribution in [1.82, 2.24) is 5.43 Å². The van der Waals surface area contributed by atoms with E-state index in [1.165, 1.54) is 24.8 Å². The molecule has 2 nitrogen and oxygen atoms in total. The molecule has 0 heterocycles. The molecule has 0 amide bonds. The van der Waals surface area contributed by atoms with Crippen LogP contribution in [0.2, 0.25) is 5.02 Å². The zero-order valence-corrected chi connectivity index (χ0v) is 9.50. The van der Waals surface area contributed by atoms with Gasteiger partial charge < -0.3 is 0 Å². The minimum Gasteiger partial charge on any atom is -0.271 e. The molecule has 0 aromatic heterocycles. The van der Waals surface area contributed by atoms with E-state index in [0.717, 1.165) is 17.4 Å². The molecular weight excluding hydrogens is 208 g/mol. The number of hydrazine groups is 1. The molecule has 1 fully saturated rings. The van der Waals surface area contributed by atoms with Crippen LogP contribution in [0.3, 0.4) is 0 Å². The number of benzene rings is 1. The molecule has 0 radical (unpaired) electrons. The van der Waals surface area contributed by atoms with Gasteiger partial charge in [-0.05, 0) is 42.9 Å². The molecule has 3 N–H and O–H groups in total. The van der Waals surface area contributed by atoms with Crippen molar-refractivity contribution >= 4 is 11.6 Å². The fraction of sp³-hybridized carbons (Fsp3) is 0.500. The smallest absolute Gasteiger partial charge is 0.0406 e. The Balaban J connectivity index is 1.96. The minimum atomic E-state index is 0.417. The molecule has 1 aliphatic rings. The SMILES string of the molecule is NNC(Cc1ccc(Cl)cc1)C1CCC1. The summed E-state index contributed by atoms with van der Waals surface area (Å²) in [6.45, 7) is 0. The van der Waals surface area contributed by atoms with Gasteiger partial charge in [-0.2, -0.15) is 0 Å². The van der Waals surface area contributed by atoms with Gasteiger partial charge in [0.15, 0.2) is 0 Å². The van der Waals surface area contributed by atoms with Crippen LogP contribution in [-0.4, -0.2) is 6.04 Å². The summed E-state index contributed by atoms with van der Waals surface area (Å²) < 4.78 is 0. The summed E-state index contributed by atoms with van der Waals surface area (Å²) in [6, 6.07) is 8.44. The third-order valence-electron chi connectivity index (χ3n) is 3.30. The summed E-state index contributed by atoms with van der Waals surface area (Å²) >= 11 is 5.84. The molecule has 0 spiro atoms. The highest BCUT2D eigenvalue weighted by atomic mass is 35.5. The Morgan fingerprint density at radius 3 is 2.47 bits per heavy atom. The van der Waals surface area contributed by atoms with E-state index in [9.17, 15) is 0 Å². The molecule has 15 heavy (non-hydrogen) atoms. The summed E-state index contributed by atoms with van der Waals surface area (Å²) in [4.78, 5) is 0. The van der Waals surface area contributed by atoms with Gasteiger partial charge in [0.1, 0.15) is 0 Å². The van der Waals surface area contributed by atoms with Gasteiger partial charge in [0.2, 0.25) is 0 Å². The Kier molecular flexibility index (Phi) is 3.62. The lowest BCUT2D eigenvalue weighted by Crippen LogP contribution is -2.44. The van der Waals surface area contributed by atoms with Gasteiger partial charge in [0, 0.05) is 11.1 Å². The van der Waals surface area contributed by atoms with Crippen LogP contribution >= 0.6 is 11.6 Å². The molecule has 3 heteroatoms.